The normalized spacial score (nSPS) is 20.1. The van der Waals surface area contributed by atoms with E-state index in [9.17, 15) is 4.79 Å². The molecular formula is C13H22N4O. The van der Waals surface area contributed by atoms with Gasteiger partial charge in [-0.25, -0.2) is 0 Å². The van der Waals surface area contributed by atoms with E-state index in [1.807, 2.05) is 13.2 Å². The molecule has 1 aliphatic rings. The number of hydrogen-bond donors (Lipinski definition) is 2. The largest absolute Gasteiger partial charge is 0.322 e. The van der Waals surface area contributed by atoms with Gasteiger partial charge in [-0.05, 0) is 25.3 Å². The average molecular weight is 250 g/mol. The number of nitrogens with zero attached hydrogens (tertiary/aromatic N) is 2. The molecule has 1 saturated heterocycles. The van der Waals surface area contributed by atoms with Crippen LogP contribution in [0, 0.1) is 0 Å². The summed E-state index contributed by atoms with van der Waals surface area (Å²) in [6.45, 7) is 5.09. The predicted molar refractivity (Wildman–Crippen MR) is 71.6 cm³/mol. The second-order valence-corrected chi connectivity index (χ2v) is 5.25. The minimum Gasteiger partial charge on any atom is -0.322 e. The molecule has 2 rings (SSSR count). The number of rotatable bonds is 3. The zero-order valence-electron chi connectivity index (χ0n) is 11.4. The number of carbonyl (C=O) groups excluding carboxylic acids is 1. The number of nitrogens with one attached hydrogen (secondary N) is 2. The summed E-state index contributed by atoms with van der Waals surface area (Å²) in [6.07, 6.45) is 5.07. The topological polar surface area (TPSA) is 59.0 Å². The molecule has 1 fully saturated rings. The lowest BCUT2D eigenvalue weighted by atomic mass is 10.0. The first-order chi connectivity index (χ1) is 8.58. The van der Waals surface area contributed by atoms with Crippen LogP contribution in [0.25, 0.3) is 0 Å². The summed E-state index contributed by atoms with van der Waals surface area (Å²) in [6, 6.07) is -0.0565. The lowest BCUT2D eigenvalue weighted by molar-refractivity contribution is -0.118. The van der Waals surface area contributed by atoms with Crippen LogP contribution in [0.2, 0.25) is 0 Å². The monoisotopic (exact) mass is 250 g/mol. The van der Waals surface area contributed by atoms with Gasteiger partial charge in [0.1, 0.15) is 0 Å². The molecule has 0 bridgehead atoms. The van der Waals surface area contributed by atoms with Gasteiger partial charge in [0.05, 0.1) is 17.4 Å². The second kappa shape index (κ2) is 5.52. The van der Waals surface area contributed by atoms with Crippen LogP contribution in [0.15, 0.2) is 6.20 Å². The van der Waals surface area contributed by atoms with Crippen molar-refractivity contribution in [2.24, 2.45) is 7.05 Å². The number of aryl methyl sites for hydroxylation is 1. The van der Waals surface area contributed by atoms with Gasteiger partial charge in [-0.2, -0.15) is 5.10 Å². The second-order valence-electron chi connectivity index (χ2n) is 5.25. The minimum absolute atomic E-state index is 0.0565. The molecule has 5 heteroatoms. The Morgan fingerprint density at radius 2 is 2.33 bits per heavy atom. The summed E-state index contributed by atoms with van der Waals surface area (Å²) in [5.74, 6) is 0.366. The van der Waals surface area contributed by atoms with Crippen molar-refractivity contribution in [2.75, 3.05) is 11.9 Å². The average Bonchev–Trinajstić information content (AvgIpc) is 2.71. The fourth-order valence-corrected chi connectivity index (χ4v) is 2.32. The Labute approximate surface area is 108 Å². The molecule has 1 aliphatic heterocycles. The molecule has 5 nitrogen and oxygen atoms in total. The summed E-state index contributed by atoms with van der Waals surface area (Å²) >= 11 is 0. The molecule has 2 N–H and O–H groups in total. The standard InChI is InChI=1S/C13H22N4O/c1-9(2)12-11(8-17(3)16-12)15-13(18)10-6-4-5-7-14-10/h8-10,14H,4-7H2,1-3H3,(H,15,18)/t10-/m0/s1. The summed E-state index contributed by atoms with van der Waals surface area (Å²) in [4.78, 5) is 12.1. The number of piperidine rings is 1. The van der Waals surface area contributed by atoms with Crippen molar-refractivity contribution < 1.29 is 4.79 Å². The first-order valence-corrected chi connectivity index (χ1v) is 6.65. The van der Waals surface area contributed by atoms with Crippen molar-refractivity contribution in [2.45, 2.75) is 45.1 Å². The highest BCUT2D eigenvalue weighted by Crippen LogP contribution is 2.22. The Balaban J connectivity index is 2.06. The van der Waals surface area contributed by atoms with Crippen molar-refractivity contribution in [3.63, 3.8) is 0 Å². The zero-order chi connectivity index (χ0) is 13.1. The molecular weight excluding hydrogens is 228 g/mol. The van der Waals surface area contributed by atoms with Gasteiger partial charge < -0.3 is 10.6 Å². The maximum atomic E-state index is 12.1. The van der Waals surface area contributed by atoms with Gasteiger partial charge in [0.15, 0.2) is 0 Å². The lowest BCUT2D eigenvalue weighted by Gasteiger charge is -2.22. The summed E-state index contributed by atoms with van der Waals surface area (Å²) in [5.41, 5.74) is 1.78. The Kier molecular flexibility index (Phi) is 4.01. The van der Waals surface area contributed by atoms with E-state index in [2.05, 4.69) is 29.6 Å². The predicted octanol–water partition coefficient (Wildman–Crippen LogP) is 1.62. The van der Waals surface area contributed by atoms with Crippen LogP contribution >= 0.6 is 0 Å². The number of hydrogen-bond acceptors (Lipinski definition) is 3. The molecule has 0 spiro atoms. The third-order valence-electron chi connectivity index (χ3n) is 3.29. The van der Waals surface area contributed by atoms with E-state index in [1.165, 1.54) is 0 Å². The van der Waals surface area contributed by atoms with Crippen molar-refractivity contribution in [3.05, 3.63) is 11.9 Å². The first kappa shape index (κ1) is 13.1. The lowest BCUT2D eigenvalue weighted by Crippen LogP contribution is -2.43. The van der Waals surface area contributed by atoms with Crippen molar-refractivity contribution >= 4 is 11.6 Å². The van der Waals surface area contributed by atoms with Crippen LogP contribution in [0.1, 0.15) is 44.7 Å². The van der Waals surface area contributed by atoms with Gasteiger partial charge in [0.2, 0.25) is 5.91 Å². The summed E-state index contributed by atoms with van der Waals surface area (Å²) in [7, 11) is 1.88. The molecule has 0 aliphatic carbocycles. The highest BCUT2D eigenvalue weighted by atomic mass is 16.2. The molecule has 1 amide bonds. The Bertz CT molecular complexity index is 419. The Morgan fingerprint density at radius 3 is 2.94 bits per heavy atom. The fraction of sp³-hybridized carbons (Fsp3) is 0.692. The van der Waals surface area contributed by atoms with Crippen LogP contribution in [-0.4, -0.2) is 28.3 Å². The molecule has 0 saturated carbocycles. The van der Waals surface area contributed by atoms with Crippen molar-refractivity contribution in [3.8, 4) is 0 Å². The summed E-state index contributed by atoms with van der Waals surface area (Å²) < 4.78 is 1.75. The van der Waals surface area contributed by atoms with Gasteiger partial charge in [-0.3, -0.25) is 9.48 Å². The zero-order valence-corrected chi connectivity index (χ0v) is 11.4. The van der Waals surface area contributed by atoms with E-state index in [1.54, 1.807) is 4.68 Å². The van der Waals surface area contributed by atoms with Crippen LogP contribution in [0.5, 0.6) is 0 Å². The van der Waals surface area contributed by atoms with E-state index in [0.717, 1.165) is 37.2 Å². The number of aromatic nitrogens is 2. The van der Waals surface area contributed by atoms with E-state index in [-0.39, 0.29) is 11.9 Å². The highest BCUT2D eigenvalue weighted by molar-refractivity contribution is 5.95. The SMILES string of the molecule is CC(C)c1nn(C)cc1NC(=O)[C@@H]1CCCCN1. The third kappa shape index (κ3) is 2.90. The van der Waals surface area contributed by atoms with Crippen molar-refractivity contribution in [1.82, 2.24) is 15.1 Å². The van der Waals surface area contributed by atoms with Gasteiger partial charge in [-0.15, -0.1) is 0 Å². The van der Waals surface area contributed by atoms with E-state index in [0.29, 0.717) is 5.92 Å². The van der Waals surface area contributed by atoms with E-state index in [4.69, 9.17) is 0 Å². The highest BCUT2D eigenvalue weighted by Gasteiger charge is 2.22. The van der Waals surface area contributed by atoms with Gasteiger partial charge in [0, 0.05) is 13.2 Å². The Hall–Kier alpha value is -1.36. The first-order valence-electron chi connectivity index (χ1n) is 6.65. The number of amides is 1. The number of anilines is 1. The molecule has 2 heterocycles. The van der Waals surface area contributed by atoms with Crippen LogP contribution in [0.4, 0.5) is 5.69 Å². The summed E-state index contributed by atoms with van der Waals surface area (Å²) in [5, 5.41) is 10.6. The quantitative estimate of drug-likeness (QED) is 0.857. The molecule has 18 heavy (non-hydrogen) atoms. The smallest absolute Gasteiger partial charge is 0.241 e. The van der Waals surface area contributed by atoms with Gasteiger partial charge in [-0.1, -0.05) is 20.3 Å². The molecule has 1 aromatic rings. The number of carbonyl (C=O) groups is 1. The fourth-order valence-electron chi connectivity index (χ4n) is 2.32. The third-order valence-corrected chi connectivity index (χ3v) is 3.29. The molecule has 0 aromatic carbocycles. The van der Waals surface area contributed by atoms with Crippen LogP contribution in [0.3, 0.4) is 0 Å². The van der Waals surface area contributed by atoms with E-state index < -0.39 is 0 Å². The molecule has 0 unspecified atom stereocenters. The molecule has 0 radical (unpaired) electrons. The van der Waals surface area contributed by atoms with E-state index >= 15 is 0 Å². The molecule has 100 valence electrons. The van der Waals surface area contributed by atoms with Crippen molar-refractivity contribution in [1.29, 1.82) is 0 Å². The van der Waals surface area contributed by atoms with Gasteiger partial charge >= 0.3 is 0 Å². The molecule has 1 atom stereocenters. The maximum absolute atomic E-state index is 12.1. The van der Waals surface area contributed by atoms with Crippen LogP contribution in [-0.2, 0) is 11.8 Å². The maximum Gasteiger partial charge on any atom is 0.241 e. The van der Waals surface area contributed by atoms with Gasteiger partial charge in [0.25, 0.3) is 0 Å². The van der Waals surface area contributed by atoms with Crippen LogP contribution < -0.4 is 10.6 Å². The Morgan fingerprint density at radius 1 is 1.56 bits per heavy atom. The molecule has 1 aromatic heterocycles. The minimum atomic E-state index is -0.0565.